The Hall–Kier alpha value is -3.20. The van der Waals surface area contributed by atoms with Gasteiger partial charge in [0.15, 0.2) is 29.1 Å². The second-order valence-corrected chi connectivity index (χ2v) is 8.70. The first kappa shape index (κ1) is 23.9. The van der Waals surface area contributed by atoms with Crippen LogP contribution >= 0.6 is 0 Å². The van der Waals surface area contributed by atoms with Crippen molar-refractivity contribution in [3.63, 3.8) is 0 Å². The third kappa shape index (κ3) is 4.70. The molecule has 4 rings (SSSR count). The van der Waals surface area contributed by atoms with Gasteiger partial charge < -0.3 is 0 Å². The molecule has 34 heavy (non-hydrogen) atoms. The normalized spacial score (nSPS) is 17.9. The zero-order valence-corrected chi connectivity index (χ0v) is 18.3. The van der Waals surface area contributed by atoms with E-state index < -0.39 is 40.5 Å². The molecule has 0 heterocycles. The summed E-state index contributed by atoms with van der Waals surface area (Å²) in [6.45, 7) is 3.71. The average Bonchev–Trinajstić information content (AvgIpc) is 2.83. The van der Waals surface area contributed by atoms with E-state index in [9.17, 15) is 26.3 Å². The van der Waals surface area contributed by atoms with Gasteiger partial charge in [-0.05, 0) is 80.0 Å². The van der Waals surface area contributed by atoms with Crippen molar-refractivity contribution in [2.24, 2.45) is 5.92 Å². The Morgan fingerprint density at radius 3 is 2.24 bits per heavy atom. The van der Waals surface area contributed by atoms with Crippen LogP contribution < -0.4 is 0 Å². The molecule has 0 amide bonds. The van der Waals surface area contributed by atoms with Crippen molar-refractivity contribution in [2.45, 2.75) is 44.4 Å². The van der Waals surface area contributed by atoms with Gasteiger partial charge in [0.1, 0.15) is 5.82 Å². The number of rotatable bonds is 4. The summed E-state index contributed by atoms with van der Waals surface area (Å²) in [5.74, 6) is -2.49. The summed E-state index contributed by atoms with van der Waals surface area (Å²) in [5.41, 5.74) is -0.459. The summed E-state index contributed by atoms with van der Waals surface area (Å²) in [7, 11) is 0. The minimum Gasteiger partial charge on any atom is -0.207 e. The minimum atomic E-state index is -1.58. The molecule has 0 spiro atoms. The summed E-state index contributed by atoms with van der Waals surface area (Å²) in [5, 5.41) is -0.0867. The van der Waals surface area contributed by atoms with E-state index in [1.54, 1.807) is 0 Å². The van der Waals surface area contributed by atoms with Gasteiger partial charge in [0.25, 0.3) is 0 Å². The molecular formula is C28H22F6. The molecule has 3 aromatic carbocycles. The van der Waals surface area contributed by atoms with Crippen LogP contribution in [-0.4, -0.2) is 0 Å². The van der Waals surface area contributed by atoms with E-state index in [0.29, 0.717) is 18.8 Å². The molecule has 0 aliphatic heterocycles. The molecular weight excluding hydrogens is 450 g/mol. The average molecular weight is 472 g/mol. The first-order valence-electron chi connectivity index (χ1n) is 11.2. The van der Waals surface area contributed by atoms with Crippen molar-refractivity contribution in [1.82, 2.24) is 0 Å². The van der Waals surface area contributed by atoms with E-state index in [0.717, 1.165) is 37.8 Å². The highest BCUT2D eigenvalue weighted by Gasteiger charge is 2.29. The molecule has 0 unspecified atom stereocenters. The lowest BCUT2D eigenvalue weighted by Crippen LogP contribution is -2.16. The highest BCUT2D eigenvalue weighted by Crippen LogP contribution is 2.40. The fourth-order valence-electron chi connectivity index (χ4n) is 4.69. The predicted octanol–water partition coefficient (Wildman–Crippen LogP) is 8.31. The predicted molar refractivity (Wildman–Crippen MR) is 120 cm³/mol. The molecule has 1 aliphatic carbocycles. The van der Waals surface area contributed by atoms with Crippen LogP contribution in [0.4, 0.5) is 26.3 Å². The maximum absolute atomic E-state index is 14.9. The third-order valence-electron chi connectivity index (χ3n) is 6.54. The van der Waals surface area contributed by atoms with Gasteiger partial charge in [-0.2, -0.15) is 0 Å². The highest BCUT2D eigenvalue weighted by atomic mass is 19.2. The quantitative estimate of drug-likeness (QED) is 0.118. The number of fused-ring (bicyclic) bond motifs is 1. The molecule has 176 valence electrons. The Balaban J connectivity index is 1.59. The van der Waals surface area contributed by atoms with Crippen LogP contribution in [0.15, 0.2) is 43.0 Å². The first-order valence-corrected chi connectivity index (χ1v) is 11.2. The molecule has 1 aliphatic rings. The molecule has 1 saturated carbocycles. The van der Waals surface area contributed by atoms with Crippen LogP contribution in [0.1, 0.15) is 61.1 Å². The van der Waals surface area contributed by atoms with Crippen molar-refractivity contribution in [3.8, 4) is 11.8 Å². The summed E-state index contributed by atoms with van der Waals surface area (Å²) >= 11 is 0. The monoisotopic (exact) mass is 472 g/mol. The number of allylic oxidation sites excluding steroid dienone is 1. The molecule has 0 atom stereocenters. The molecule has 1 fully saturated rings. The lowest BCUT2D eigenvalue weighted by atomic mass is 9.76. The van der Waals surface area contributed by atoms with Crippen molar-refractivity contribution < 1.29 is 26.3 Å². The SMILES string of the molecule is C=CCCC1CCC(c2c(F)cc(C#Cc3ccc4c(F)c(F)c(F)cc4c3)c(F)c2F)CC1. The van der Waals surface area contributed by atoms with Gasteiger partial charge in [0.05, 0.1) is 5.56 Å². The van der Waals surface area contributed by atoms with Crippen LogP contribution in [0.2, 0.25) is 0 Å². The van der Waals surface area contributed by atoms with Gasteiger partial charge in [0, 0.05) is 16.5 Å². The van der Waals surface area contributed by atoms with Crippen molar-refractivity contribution in [3.05, 3.63) is 94.6 Å². The van der Waals surface area contributed by atoms with Crippen molar-refractivity contribution in [1.29, 1.82) is 0 Å². The maximum Gasteiger partial charge on any atom is 0.195 e. The van der Waals surface area contributed by atoms with E-state index in [4.69, 9.17) is 0 Å². The fourth-order valence-corrected chi connectivity index (χ4v) is 4.69. The topological polar surface area (TPSA) is 0 Å². The number of hydrogen-bond donors (Lipinski definition) is 0. The summed E-state index contributed by atoms with van der Waals surface area (Å²) in [4.78, 5) is 0. The van der Waals surface area contributed by atoms with Gasteiger partial charge in [-0.25, -0.2) is 26.3 Å². The molecule has 6 heteroatoms. The third-order valence-corrected chi connectivity index (χ3v) is 6.54. The summed E-state index contributed by atoms with van der Waals surface area (Å²) < 4.78 is 85.2. The Kier molecular flexibility index (Phi) is 7.02. The molecule has 0 radical (unpaired) electrons. The van der Waals surface area contributed by atoms with Crippen LogP contribution in [0.3, 0.4) is 0 Å². The molecule has 3 aromatic rings. The van der Waals surface area contributed by atoms with E-state index in [1.807, 2.05) is 6.08 Å². The molecule has 0 saturated heterocycles. The molecule has 0 bridgehead atoms. The number of benzene rings is 3. The van der Waals surface area contributed by atoms with E-state index in [-0.39, 0.29) is 27.8 Å². The fraction of sp³-hybridized carbons (Fsp3) is 0.286. The first-order chi connectivity index (χ1) is 16.3. The maximum atomic E-state index is 14.9. The second-order valence-electron chi connectivity index (χ2n) is 8.70. The zero-order chi connectivity index (χ0) is 24.4. The summed E-state index contributed by atoms with van der Waals surface area (Å²) in [6, 6.07) is 5.54. The Morgan fingerprint density at radius 2 is 1.53 bits per heavy atom. The highest BCUT2D eigenvalue weighted by molar-refractivity contribution is 5.84. The lowest BCUT2D eigenvalue weighted by molar-refractivity contribution is 0.301. The summed E-state index contributed by atoms with van der Waals surface area (Å²) in [6.07, 6.45) is 6.58. The van der Waals surface area contributed by atoms with E-state index in [2.05, 4.69) is 18.4 Å². The Morgan fingerprint density at radius 1 is 0.794 bits per heavy atom. The molecule has 0 nitrogen and oxygen atoms in total. The molecule has 0 aromatic heterocycles. The second kappa shape index (κ2) is 9.97. The van der Waals surface area contributed by atoms with Gasteiger partial charge in [-0.15, -0.1) is 6.58 Å². The van der Waals surface area contributed by atoms with E-state index >= 15 is 0 Å². The largest absolute Gasteiger partial charge is 0.207 e. The van der Waals surface area contributed by atoms with Gasteiger partial charge in [-0.3, -0.25) is 0 Å². The van der Waals surface area contributed by atoms with Crippen molar-refractivity contribution in [2.75, 3.05) is 0 Å². The van der Waals surface area contributed by atoms with Crippen LogP contribution in [0.5, 0.6) is 0 Å². The van der Waals surface area contributed by atoms with Crippen LogP contribution in [0, 0.1) is 52.7 Å². The Bertz CT molecular complexity index is 1310. The Labute approximate surface area is 194 Å². The van der Waals surface area contributed by atoms with Gasteiger partial charge in [-0.1, -0.05) is 24.0 Å². The minimum absolute atomic E-state index is 0.0556. The van der Waals surface area contributed by atoms with Gasteiger partial charge >= 0.3 is 0 Å². The smallest absolute Gasteiger partial charge is 0.195 e. The number of halogens is 6. The lowest BCUT2D eigenvalue weighted by Gasteiger charge is -2.29. The molecule has 0 N–H and O–H groups in total. The zero-order valence-electron chi connectivity index (χ0n) is 18.3. The number of hydrogen-bond acceptors (Lipinski definition) is 0. The van der Waals surface area contributed by atoms with E-state index in [1.165, 1.54) is 18.2 Å². The van der Waals surface area contributed by atoms with Crippen LogP contribution in [0.25, 0.3) is 10.8 Å². The van der Waals surface area contributed by atoms with Gasteiger partial charge in [0.2, 0.25) is 0 Å². The van der Waals surface area contributed by atoms with Crippen molar-refractivity contribution >= 4 is 10.8 Å². The van der Waals surface area contributed by atoms with Crippen LogP contribution in [-0.2, 0) is 0 Å². The standard InChI is InChI=1S/C28H22F6/c1-2-3-4-16-5-9-18(10-6-16)24-22(29)14-19(25(31)28(24)34)11-7-17-8-12-21-20(13-17)15-23(30)27(33)26(21)32/h2,8,12-16,18H,1,3-6,9-10H2.